The zero-order chi connectivity index (χ0) is 23.3. The molecule has 0 spiro atoms. The number of carboxylic acid groups (broad SMARTS) is 1. The predicted octanol–water partition coefficient (Wildman–Crippen LogP) is 3.73. The molecule has 9 heteroatoms. The standard InChI is InChI=1S/C23H20F2N2O5/c1-31-20-7-6-13(10-16(20)23(29)30)22(28)27-8-9-32-21-5-3-2-4-14(21)15-11-19(26)18(25)12-17(15)24/h2-7,10-12H,8-9,26H2,1H3,(H,27,28)(H,29,30). The lowest BCUT2D eigenvalue weighted by Gasteiger charge is -2.13. The Hall–Kier alpha value is -4.14. The van der Waals surface area contributed by atoms with E-state index in [9.17, 15) is 23.5 Å². The summed E-state index contributed by atoms with van der Waals surface area (Å²) in [6.45, 7) is 0.138. The Balaban J connectivity index is 1.66. The summed E-state index contributed by atoms with van der Waals surface area (Å²) in [5, 5.41) is 11.8. The zero-order valence-corrected chi connectivity index (χ0v) is 17.0. The molecule has 0 saturated carbocycles. The van der Waals surface area contributed by atoms with Crippen LogP contribution in [0.4, 0.5) is 14.5 Å². The topological polar surface area (TPSA) is 111 Å². The minimum absolute atomic E-state index is 0.0446. The predicted molar refractivity (Wildman–Crippen MR) is 114 cm³/mol. The first-order valence-corrected chi connectivity index (χ1v) is 9.48. The molecule has 3 aromatic rings. The number of carbonyl (C=O) groups is 2. The maximum absolute atomic E-state index is 14.3. The van der Waals surface area contributed by atoms with Crippen LogP contribution in [0, 0.1) is 11.6 Å². The number of carbonyl (C=O) groups excluding carboxylic acids is 1. The van der Waals surface area contributed by atoms with E-state index < -0.39 is 23.5 Å². The van der Waals surface area contributed by atoms with E-state index in [1.807, 2.05) is 0 Å². The molecule has 1 amide bonds. The third kappa shape index (κ3) is 4.94. The van der Waals surface area contributed by atoms with Crippen molar-refractivity contribution < 1.29 is 33.0 Å². The van der Waals surface area contributed by atoms with Gasteiger partial charge >= 0.3 is 5.97 Å². The molecule has 0 bridgehead atoms. The highest BCUT2D eigenvalue weighted by atomic mass is 19.1. The second kappa shape index (κ2) is 9.78. The van der Waals surface area contributed by atoms with Crippen LogP contribution in [0.5, 0.6) is 11.5 Å². The molecule has 0 fully saturated rings. The van der Waals surface area contributed by atoms with Crippen LogP contribution < -0.4 is 20.5 Å². The van der Waals surface area contributed by atoms with E-state index in [-0.39, 0.29) is 41.3 Å². The van der Waals surface area contributed by atoms with Crippen molar-refractivity contribution in [2.45, 2.75) is 0 Å². The van der Waals surface area contributed by atoms with Gasteiger partial charge in [0.2, 0.25) is 0 Å². The summed E-state index contributed by atoms with van der Waals surface area (Å²) >= 11 is 0. The number of ether oxygens (including phenoxy) is 2. The Labute approximate surface area is 182 Å². The van der Waals surface area contributed by atoms with Crippen molar-refractivity contribution in [1.29, 1.82) is 0 Å². The van der Waals surface area contributed by atoms with Crippen molar-refractivity contribution in [3.05, 3.63) is 77.4 Å². The zero-order valence-electron chi connectivity index (χ0n) is 17.0. The summed E-state index contributed by atoms with van der Waals surface area (Å²) in [6.07, 6.45) is 0. The maximum Gasteiger partial charge on any atom is 0.339 e. The summed E-state index contributed by atoms with van der Waals surface area (Å²) in [5.74, 6) is -2.88. The van der Waals surface area contributed by atoms with Gasteiger partial charge in [0.1, 0.15) is 35.3 Å². The van der Waals surface area contributed by atoms with E-state index in [0.717, 1.165) is 0 Å². The van der Waals surface area contributed by atoms with Crippen LogP contribution in [0.1, 0.15) is 20.7 Å². The molecule has 32 heavy (non-hydrogen) atoms. The van der Waals surface area contributed by atoms with Crippen molar-refractivity contribution in [1.82, 2.24) is 5.32 Å². The number of nitrogen functional groups attached to an aromatic ring is 1. The van der Waals surface area contributed by atoms with Crippen molar-refractivity contribution in [3.63, 3.8) is 0 Å². The summed E-state index contributed by atoms with van der Waals surface area (Å²) < 4.78 is 38.4. The summed E-state index contributed by atoms with van der Waals surface area (Å²) in [4.78, 5) is 23.6. The normalized spacial score (nSPS) is 10.5. The monoisotopic (exact) mass is 442 g/mol. The molecule has 0 aromatic heterocycles. The molecule has 0 atom stereocenters. The Kier molecular flexibility index (Phi) is 6.89. The summed E-state index contributed by atoms with van der Waals surface area (Å²) in [6, 6.07) is 12.5. The number of rotatable bonds is 8. The molecule has 0 aliphatic rings. The number of para-hydroxylation sites is 1. The number of nitrogens with one attached hydrogen (secondary N) is 1. The molecule has 0 saturated heterocycles. The molecule has 3 aromatic carbocycles. The molecule has 0 radical (unpaired) electrons. The maximum atomic E-state index is 14.3. The number of carboxylic acids is 1. The Morgan fingerprint density at radius 2 is 1.75 bits per heavy atom. The number of anilines is 1. The second-order valence-electron chi connectivity index (χ2n) is 6.67. The van der Waals surface area contributed by atoms with Crippen LogP contribution >= 0.6 is 0 Å². The smallest absolute Gasteiger partial charge is 0.339 e. The van der Waals surface area contributed by atoms with Crippen LogP contribution in [0.2, 0.25) is 0 Å². The number of halogens is 2. The lowest BCUT2D eigenvalue weighted by atomic mass is 10.0. The van der Waals surface area contributed by atoms with E-state index in [4.69, 9.17) is 15.2 Å². The average Bonchev–Trinajstić information content (AvgIpc) is 2.78. The number of hydrogen-bond acceptors (Lipinski definition) is 5. The molecule has 7 nitrogen and oxygen atoms in total. The highest BCUT2D eigenvalue weighted by Gasteiger charge is 2.16. The summed E-state index contributed by atoms with van der Waals surface area (Å²) in [7, 11) is 1.34. The molecule has 3 rings (SSSR count). The fourth-order valence-corrected chi connectivity index (χ4v) is 3.03. The number of nitrogens with two attached hydrogens (primary N) is 1. The van der Waals surface area contributed by atoms with E-state index >= 15 is 0 Å². The Bertz CT molecular complexity index is 1170. The number of aromatic carboxylic acids is 1. The molecule has 0 aliphatic carbocycles. The largest absolute Gasteiger partial charge is 0.496 e. The van der Waals surface area contributed by atoms with Gasteiger partial charge in [-0.2, -0.15) is 0 Å². The van der Waals surface area contributed by atoms with Crippen LogP contribution in [-0.4, -0.2) is 37.2 Å². The van der Waals surface area contributed by atoms with Crippen molar-refractivity contribution in [3.8, 4) is 22.6 Å². The van der Waals surface area contributed by atoms with E-state index in [1.165, 1.54) is 31.4 Å². The van der Waals surface area contributed by atoms with Gasteiger partial charge in [0.25, 0.3) is 5.91 Å². The van der Waals surface area contributed by atoms with Gasteiger partial charge in [-0.05, 0) is 30.3 Å². The van der Waals surface area contributed by atoms with E-state index in [0.29, 0.717) is 17.4 Å². The number of benzene rings is 3. The van der Waals surface area contributed by atoms with Crippen LogP contribution in [0.3, 0.4) is 0 Å². The highest BCUT2D eigenvalue weighted by Crippen LogP contribution is 2.33. The lowest BCUT2D eigenvalue weighted by Crippen LogP contribution is -2.28. The first-order valence-electron chi connectivity index (χ1n) is 9.48. The Morgan fingerprint density at radius 3 is 2.47 bits per heavy atom. The molecule has 0 aliphatic heterocycles. The van der Waals surface area contributed by atoms with Gasteiger partial charge in [0.05, 0.1) is 19.3 Å². The van der Waals surface area contributed by atoms with Gasteiger partial charge in [-0.1, -0.05) is 18.2 Å². The minimum Gasteiger partial charge on any atom is -0.496 e. The minimum atomic E-state index is -1.22. The lowest BCUT2D eigenvalue weighted by molar-refractivity contribution is 0.0693. The molecular weight excluding hydrogens is 422 g/mol. The van der Waals surface area contributed by atoms with Crippen LogP contribution in [0.15, 0.2) is 54.6 Å². The third-order valence-electron chi connectivity index (χ3n) is 4.60. The first-order chi connectivity index (χ1) is 15.3. The highest BCUT2D eigenvalue weighted by molar-refractivity contribution is 5.98. The van der Waals surface area contributed by atoms with Crippen LogP contribution in [-0.2, 0) is 0 Å². The second-order valence-corrected chi connectivity index (χ2v) is 6.67. The average molecular weight is 442 g/mol. The van der Waals surface area contributed by atoms with Crippen molar-refractivity contribution in [2.75, 3.05) is 26.0 Å². The molecule has 4 N–H and O–H groups in total. The molecular formula is C23H20F2N2O5. The number of methoxy groups -OCH3 is 1. The van der Waals surface area contributed by atoms with Gasteiger partial charge < -0.3 is 25.6 Å². The van der Waals surface area contributed by atoms with Crippen molar-refractivity contribution >= 4 is 17.6 Å². The molecule has 0 heterocycles. The summed E-state index contributed by atoms with van der Waals surface area (Å²) in [5.41, 5.74) is 5.85. The van der Waals surface area contributed by atoms with Gasteiger partial charge in [0.15, 0.2) is 0 Å². The van der Waals surface area contributed by atoms with Gasteiger partial charge in [-0.15, -0.1) is 0 Å². The van der Waals surface area contributed by atoms with Crippen LogP contribution in [0.25, 0.3) is 11.1 Å². The molecule has 0 unspecified atom stereocenters. The third-order valence-corrected chi connectivity index (χ3v) is 4.60. The van der Waals surface area contributed by atoms with Gasteiger partial charge in [-0.3, -0.25) is 4.79 Å². The van der Waals surface area contributed by atoms with Crippen molar-refractivity contribution in [2.24, 2.45) is 0 Å². The fourth-order valence-electron chi connectivity index (χ4n) is 3.03. The Morgan fingerprint density at radius 1 is 1.00 bits per heavy atom. The first kappa shape index (κ1) is 22.5. The van der Waals surface area contributed by atoms with Gasteiger partial charge in [0, 0.05) is 22.8 Å². The van der Waals surface area contributed by atoms with Gasteiger partial charge in [-0.25, -0.2) is 13.6 Å². The SMILES string of the molecule is COc1ccc(C(=O)NCCOc2ccccc2-c2cc(N)c(F)cc2F)cc1C(=O)O. The molecule has 166 valence electrons. The number of hydrogen-bond donors (Lipinski definition) is 3. The van der Waals surface area contributed by atoms with E-state index in [1.54, 1.807) is 24.3 Å². The quantitative estimate of drug-likeness (QED) is 0.362. The van der Waals surface area contributed by atoms with E-state index in [2.05, 4.69) is 5.32 Å². The number of amides is 1. The fraction of sp³-hybridized carbons (Fsp3) is 0.130.